The Balaban J connectivity index is 2.38. The number of hydrogen-bond donors (Lipinski definition) is 2. The monoisotopic (exact) mass is 326 g/mol. The van der Waals surface area contributed by atoms with Crippen LogP contribution in [-0.4, -0.2) is 11.9 Å². The van der Waals surface area contributed by atoms with Crippen molar-refractivity contribution < 1.29 is 9.18 Å². The molecule has 3 nitrogen and oxygen atoms in total. The van der Waals surface area contributed by atoms with Gasteiger partial charge in [-0.15, -0.1) is 0 Å². The van der Waals surface area contributed by atoms with Gasteiger partial charge < -0.3 is 11.1 Å². The number of nitrogens with two attached hydrogens (primary N) is 1. The van der Waals surface area contributed by atoms with E-state index in [1.165, 1.54) is 12.1 Å². The molecule has 4 heteroatoms. The Labute approximate surface area is 142 Å². The number of benzene rings is 2. The third kappa shape index (κ3) is 4.30. The zero-order chi connectivity index (χ0) is 17.7. The van der Waals surface area contributed by atoms with E-state index in [1.807, 2.05) is 38.1 Å². The van der Waals surface area contributed by atoms with E-state index in [2.05, 4.69) is 11.9 Å². The summed E-state index contributed by atoms with van der Waals surface area (Å²) in [5, 5.41) is 2.74. The number of aryl methyl sites for hydroxylation is 1. The molecule has 0 aliphatic carbocycles. The minimum atomic E-state index is -0.804. The van der Waals surface area contributed by atoms with Crippen molar-refractivity contribution in [3.63, 3.8) is 0 Å². The highest BCUT2D eigenvalue weighted by molar-refractivity contribution is 5.84. The van der Waals surface area contributed by atoms with E-state index in [1.54, 1.807) is 12.1 Å². The van der Waals surface area contributed by atoms with Crippen LogP contribution in [0.5, 0.6) is 0 Å². The minimum absolute atomic E-state index is 0.295. The normalized spacial score (nSPS) is 13.2. The lowest BCUT2D eigenvalue weighted by Crippen LogP contribution is -2.44. The average Bonchev–Trinajstić information content (AvgIpc) is 2.58. The third-order valence-electron chi connectivity index (χ3n) is 4.05. The van der Waals surface area contributed by atoms with Crippen LogP contribution in [-0.2, 0) is 4.79 Å². The summed E-state index contributed by atoms with van der Waals surface area (Å²) in [6.07, 6.45) is 0.643. The van der Waals surface area contributed by atoms with Crippen LogP contribution in [0.2, 0.25) is 0 Å². The average molecular weight is 326 g/mol. The van der Waals surface area contributed by atoms with Gasteiger partial charge in [0.2, 0.25) is 5.91 Å². The molecule has 126 valence electrons. The first-order valence-electron chi connectivity index (χ1n) is 7.98. The molecule has 3 N–H and O–H groups in total. The molecule has 1 amide bonds. The van der Waals surface area contributed by atoms with Crippen molar-refractivity contribution in [3.05, 3.63) is 83.3 Å². The first-order valence-corrected chi connectivity index (χ1v) is 7.98. The summed E-state index contributed by atoms with van der Waals surface area (Å²) in [5.74, 6) is -0.980. The molecule has 0 heterocycles. The van der Waals surface area contributed by atoms with Crippen molar-refractivity contribution in [1.82, 2.24) is 5.32 Å². The molecule has 0 saturated heterocycles. The first kappa shape index (κ1) is 17.9. The van der Waals surface area contributed by atoms with Gasteiger partial charge in [-0.2, -0.15) is 0 Å². The summed E-state index contributed by atoms with van der Waals surface area (Å²) in [4.78, 5) is 12.5. The lowest BCUT2D eigenvalue weighted by molar-refractivity contribution is -0.121. The van der Waals surface area contributed by atoms with Crippen LogP contribution in [0.4, 0.5) is 4.39 Å². The number of halogens is 1. The Hall–Kier alpha value is -2.46. The Bertz CT molecular complexity index is 662. The van der Waals surface area contributed by atoms with Gasteiger partial charge in [0.05, 0.1) is 6.04 Å². The summed E-state index contributed by atoms with van der Waals surface area (Å²) < 4.78 is 13.3. The molecule has 0 aliphatic heterocycles. The summed E-state index contributed by atoms with van der Waals surface area (Å²) in [5.41, 5.74) is 9.71. The molecule has 24 heavy (non-hydrogen) atoms. The number of rotatable bonds is 6. The summed E-state index contributed by atoms with van der Waals surface area (Å²) in [7, 11) is 0. The van der Waals surface area contributed by atoms with E-state index in [0.717, 1.165) is 16.7 Å². The maximum atomic E-state index is 13.3. The molecular weight excluding hydrogens is 303 g/mol. The zero-order valence-electron chi connectivity index (χ0n) is 14.1. The van der Waals surface area contributed by atoms with E-state index in [9.17, 15) is 9.18 Å². The molecule has 2 aromatic rings. The summed E-state index contributed by atoms with van der Waals surface area (Å²) >= 11 is 0. The van der Waals surface area contributed by atoms with Crippen LogP contribution in [0.1, 0.15) is 36.0 Å². The van der Waals surface area contributed by atoms with Gasteiger partial charge in [-0.1, -0.05) is 55.5 Å². The fourth-order valence-corrected chi connectivity index (χ4v) is 2.55. The van der Waals surface area contributed by atoms with Gasteiger partial charge in [0, 0.05) is 11.6 Å². The lowest BCUT2D eigenvalue weighted by atomic mass is 9.84. The largest absolute Gasteiger partial charge is 0.329 e. The van der Waals surface area contributed by atoms with Crippen molar-refractivity contribution in [2.75, 3.05) is 0 Å². The van der Waals surface area contributed by atoms with Gasteiger partial charge in [0.25, 0.3) is 0 Å². The fourth-order valence-electron chi connectivity index (χ4n) is 2.55. The van der Waals surface area contributed by atoms with Gasteiger partial charge in [-0.25, -0.2) is 4.39 Å². The number of nitrogens with one attached hydrogen (secondary N) is 1. The van der Waals surface area contributed by atoms with Crippen LogP contribution in [0.25, 0.3) is 0 Å². The molecule has 0 aromatic heterocycles. The van der Waals surface area contributed by atoms with Crippen molar-refractivity contribution >= 4 is 5.91 Å². The van der Waals surface area contributed by atoms with Gasteiger partial charge >= 0.3 is 0 Å². The van der Waals surface area contributed by atoms with Crippen molar-refractivity contribution in [1.29, 1.82) is 0 Å². The molecular formula is C20H23FN2O. The third-order valence-corrected chi connectivity index (χ3v) is 4.05. The molecule has 0 saturated carbocycles. The van der Waals surface area contributed by atoms with Crippen molar-refractivity contribution in [2.24, 2.45) is 5.73 Å². The van der Waals surface area contributed by atoms with Crippen LogP contribution in [0.3, 0.4) is 0 Å². The molecule has 2 aromatic carbocycles. The smallest absolute Gasteiger partial charge is 0.241 e. The van der Waals surface area contributed by atoms with E-state index in [0.29, 0.717) is 12.1 Å². The highest BCUT2D eigenvalue weighted by Gasteiger charge is 2.28. The maximum Gasteiger partial charge on any atom is 0.241 e. The second-order valence-electron chi connectivity index (χ2n) is 5.91. The predicted molar refractivity (Wildman–Crippen MR) is 95.0 cm³/mol. The highest BCUT2D eigenvalue weighted by atomic mass is 19.1. The van der Waals surface area contributed by atoms with E-state index in [-0.39, 0.29) is 17.6 Å². The standard InChI is InChI=1S/C20H23FN2O/c1-4-14(3)23-20(24)19(22)18(15-7-5-13(2)6-8-15)16-9-11-17(21)12-10-16/h5-12,18-19H,3-4,22H2,1-2H3,(H,23,24)/t18?,19-/m0/s1. The first-order chi connectivity index (χ1) is 11.4. The number of carbonyl (C=O) groups is 1. The maximum absolute atomic E-state index is 13.3. The quantitative estimate of drug-likeness (QED) is 0.851. The summed E-state index contributed by atoms with van der Waals surface area (Å²) in [6, 6.07) is 13.1. The second kappa shape index (κ2) is 7.88. The topological polar surface area (TPSA) is 55.1 Å². The van der Waals surface area contributed by atoms with Crippen molar-refractivity contribution in [2.45, 2.75) is 32.2 Å². The minimum Gasteiger partial charge on any atom is -0.329 e. The molecule has 1 unspecified atom stereocenters. The molecule has 0 bridgehead atoms. The SMILES string of the molecule is C=C(CC)NC(=O)[C@@H](N)C(c1ccc(C)cc1)c1ccc(F)cc1. The number of amides is 1. The Morgan fingerprint density at radius 3 is 2.12 bits per heavy atom. The predicted octanol–water partition coefficient (Wildman–Crippen LogP) is 3.63. The fraction of sp³-hybridized carbons (Fsp3) is 0.250. The lowest BCUT2D eigenvalue weighted by Gasteiger charge is -2.25. The van der Waals surface area contributed by atoms with Crippen LogP contribution < -0.4 is 11.1 Å². The number of hydrogen-bond acceptors (Lipinski definition) is 2. The molecule has 0 radical (unpaired) electrons. The van der Waals surface area contributed by atoms with E-state index >= 15 is 0 Å². The zero-order valence-corrected chi connectivity index (χ0v) is 14.1. The number of carbonyl (C=O) groups excluding carboxylic acids is 1. The van der Waals surface area contributed by atoms with E-state index in [4.69, 9.17) is 5.73 Å². The Morgan fingerprint density at radius 1 is 1.12 bits per heavy atom. The number of allylic oxidation sites excluding steroid dienone is 1. The summed E-state index contributed by atoms with van der Waals surface area (Å²) in [6.45, 7) is 7.69. The van der Waals surface area contributed by atoms with Crippen molar-refractivity contribution in [3.8, 4) is 0 Å². The molecule has 0 fully saturated rings. The van der Waals surface area contributed by atoms with Gasteiger partial charge in [0.15, 0.2) is 0 Å². The molecule has 0 spiro atoms. The molecule has 0 aliphatic rings. The van der Waals surface area contributed by atoms with Crippen LogP contribution >= 0.6 is 0 Å². The molecule has 2 atom stereocenters. The van der Waals surface area contributed by atoms with Gasteiger partial charge in [0.1, 0.15) is 5.82 Å². The molecule has 2 rings (SSSR count). The van der Waals surface area contributed by atoms with Gasteiger partial charge in [-0.3, -0.25) is 4.79 Å². The second-order valence-corrected chi connectivity index (χ2v) is 5.91. The Morgan fingerprint density at radius 2 is 1.62 bits per heavy atom. The van der Waals surface area contributed by atoms with E-state index < -0.39 is 6.04 Å². The highest BCUT2D eigenvalue weighted by Crippen LogP contribution is 2.28. The van der Waals surface area contributed by atoms with Crippen LogP contribution in [0.15, 0.2) is 60.8 Å². The Kier molecular flexibility index (Phi) is 5.88. The van der Waals surface area contributed by atoms with Crippen LogP contribution in [0, 0.1) is 12.7 Å². The van der Waals surface area contributed by atoms with Gasteiger partial charge in [-0.05, 0) is 36.6 Å².